The second-order valence-corrected chi connectivity index (χ2v) is 6.19. The molecule has 1 aromatic rings. The van der Waals surface area contributed by atoms with Crippen molar-refractivity contribution < 1.29 is 4.74 Å². The molecule has 1 fully saturated rings. The Bertz CT molecular complexity index is 392. The van der Waals surface area contributed by atoms with E-state index in [-0.39, 0.29) is 0 Å². The van der Waals surface area contributed by atoms with Gasteiger partial charge in [-0.3, -0.25) is 0 Å². The lowest BCUT2D eigenvalue weighted by Gasteiger charge is -2.32. The molecule has 0 aromatic heterocycles. The molecule has 1 aliphatic heterocycles. The van der Waals surface area contributed by atoms with Gasteiger partial charge in [-0.1, -0.05) is 34.1 Å². The third-order valence-electron chi connectivity index (χ3n) is 3.82. The first kappa shape index (κ1) is 15.8. The zero-order valence-corrected chi connectivity index (χ0v) is 13.9. The van der Waals surface area contributed by atoms with E-state index < -0.39 is 0 Å². The highest BCUT2D eigenvalue weighted by molar-refractivity contribution is 9.09. The predicted molar refractivity (Wildman–Crippen MR) is 88.0 cm³/mol. The van der Waals surface area contributed by atoms with Gasteiger partial charge in [-0.15, -0.1) is 0 Å². The van der Waals surface area contributed by atoms with Crippen molar-refractivity contribution >= 4 is 15.9 Å². The lowest BCUT2D eigenvalue weighted by molar-refractivity contribution is 0.153. The molecular weight excluding hydrogens is 316 g/mol. The minimum absolute atomic E-state index is 0.732. The van der Waals surface area contributed by atoms with Crippen LogP contribution in [0.2, 0.25) is 0 Å². The van der Waals surface area contributed by atoms with E-state index in [0.29, 0.717) is 0 Å². The third kappa shape index (κ3) is 5.08. The zero-order valence-electron chi connectivity index (χ0n) is 12.4. The van der Waals surface area contributed by atoms with E-state index in [1.807, 2.05) is 6.07 Å². The fraction of sp³-hybridized carbons (Fsp3) is 0.625. The number of nitrogens with zero attached hydrogens (tertiary/aromatic N) is 2. The fourth-order valence-electron chi connectivity index (χ4n) is 2.56. The van der Waals surface area contributed by atoms with Gasteiger partial charge in [0.2, 0.25) is 0 Å². The Balaban J connectivity index is 1.76. The number of rotatable bonds is 7. The second kappa shape index (κ2) is 8.65. The Morgan fingerprint density at radius 2 is 1.90 bits per heavy atom. The number of piperazine rings is 1. The summed E-state index contributed by atoms with van der Waals surface area (Å²) >= 11 is 3.41. The molecular formula is C16H25BrN2O. The van der Waals surface area contributed by atoms with Crippen LogP contribution in [0.3, 0.4) is 0 Å². The minimum atomic E-state index is 0.732. The van der Waals surface area contributed by atoms with E-state index in [1.165, 1.54) is 44.7 Å². The van der Waals surface area contributed by atoms with Gasteiger partial charge in [0.15, 0.2) is 0 Å². The summed E-state index contributed by atoms with van der Waals surface area (Å²) in [6, 6.07) is 8.42. The van der Waals surface area contributed by atoms with Crippen LogP contribution in [0.4, 0.5) is 0 Å². The van der Waals surface area contributed by atoms with Gasteiger partial charge in [-0.25, -0.2) is 0 Å². The van der Waals surface area contributed by atoms with E-state index in [0.717, 1.165) is 24.1 Å². The normalized spacial score (nSPS) is 17.3. The van der Waals surface area contributed by atoms with Crippen molar-refractivity contribution in [2.24, 2.45) is 0 Å². The molecule has 0 bridgehead atoms. The van der Waals surface area contributed by atoms with E-state index in [4.69, 9.17) is 4.74 Å². The molecule has 0 saturated carbocycles. The molecule has 2 rings (SSSR count). The van der Waals surface area contributed by atoms with Gasteiger partial charge < -0.3 is 14.5 Å². The quantitative estimate of drug-likeness (QED) is 0.709. The lowest BCUT2D eigenvalue weighted by Crippen LogP contribution is -2.44. The van der Waals surface area contributed by atoms with Crippen LogP contribution in [-0.2, 0) is 6.42 Å². The molecule has 0 amide bonds. The molecule has 1 aromatic carbocycles. The monoisotopic (exact) mass is 340 g/mol. The van der Waals surface area contributed by atoms with Gasteiger partial charge in [0.25, 0.3) is 0 Å². The van der Waals surface area contributed by atoms with Crippen molar-refractivity contribution in [3.8, 4) is 5.75 Å². The number of benzene rings is 1. The van der Waals surface area contributed by atoms with Crippen LogP contribution in [-0.4, -0.2) is 61.5 Å². The summed E-state index contributed by atoms with van der Waals surface area (Å²) in [4.78, 5) is 4.97. The van der Waals surface area contributed by atoms with Crippen LogP contribution in [0.15, 0.2) is 24.3 Å². The number of likely N-dealkylation sites (N-methyl/N-ethyl adjacent to an activating group) is 1. The number of aryl methyl sites for hydroxylation is 1. The van der Waals surface area contributed by atoms with Crippen LogP contribution in [0.25, 0.3) is 0 Å². The summed E-state index contributed by atoms with van der Waals surface area (Å²) in [5, 5.41) is 0.878. The molecule has 1 heterocycles. The van der Waals surface area contributed by atoms with Gasteiger partial charge >= 0.3 is 0 Å². The largest absolute Gasteiger partial charge is 0.492 e. The zero-order chi connectivity index (χ0) is 14.2. The third-order valence-corrected chi connectivity index (χ3v) is 4.15. The van der Waals surface area contributed by atoms with Crippen LogP contribution in [0.1, 0.15) is 12.0 Å². The summed E-state index contributed by atoms with van der Waals surface area (Å²) in [5.41, 5.74) is 1.34. The van der Waals surface area contributed by atoms with Crippen LogP contribution < -0.4 is 4.74 Å². The maximum absolute atomic E-state index is 5.78. The average molecular weight is 341 g/mol. The number of halogens is 1. The first-order valence-electron chi connectivity index (χ1n) is 7.47. The first-order chi connectivity index (χ1) is 9.79. The highest BCUT2D eigenvalue weighted by atomic mass is 79.9. The van der Waals surface area contributed by atoms with Gasteiger partial charge in [0, 0.05) is 31.5 Å². The van der Waals surface area contributed by atoms with E-state index in [2.05, 4.69) is 51.0 Å². The standard InChI is InChI=1S/C16H25BrN2O/c1-18-10-12-19(13-11-18)9-4-6-15-5-2-3-7-16(15)20-14-8-17/h2-3,5,7H,4,6,8-14H2,1H3. The van der Waals surface area contributed by atoms with E-state index in [1.54, 1.807) is 0 Å². The topological polar surface area (TPSA) is 15.7 Å². The van der Waals surface area contributed by atoms with Gasteiger partial charge in [0.05, 0.1) is 6.61 Å². The second-order valence-electron chi connectivity index (χ2n) is 5.39. The summed E-state index contributed by atoms with van der Waals surface area (Å²) in [6.07, 6.45) is 2.31. The van der Waals surface area contributed by atoms with Crippen LogP contribution >= 0.6 is 15.9 Å². The molecule has 0 unspecified atom stereocenters. The SMILES string of the molecule is CN1CCN(CCCc2ccccc2OCCBr)CC1. The first-order valence-corrected chi connectivity index (χ1v) is 8.59. The summed E-state index contributed by atoms with van der Waals surface area (Å²) in [5.74, 6) is 1.05. The van der Waals surface area contributed by atoms with Gasteiger partial charge in [0.1, 0.15) is 5.75 Å². The molecule has 0 aliphatic carbocycles. The van der Waals surface area contributed by atoms with Crippen molar-refractivity contribution in [2.75, 3.05) is 51.7 Å². The maximum Gasteiger partial charge on any atom is 0.122 e. The van der Waals surface area contributed by atoms with Crippen molar-refractivity contribution in [3.63, 3.8) is 0 Å². The van der Waals surface area contributed by atoms with E-state index in [9.17, 15) is 0 Å². The maximum atomic E-state index is 5.78. The Morgan fingerprint density at radius 3 is 2.65 bits per heavy atom. The van der Waals surface area contributed by atoms with Crippen LogP contribution in [0, 0.1) is 0 Å². The van der Waals surface area contributed by atoms with Crippen molar-refractivity contribution in [1.82, 2.24) is 9.80 Å². The Hall–Kier alpha value is -0.580. The molecule has 1 aliphatic rings. The molecule has 0 radical (unpaired) electrons. The van der Waals surface area contributed by atoms with Gasteiger partial charge in [-0.05, 0) is 38.1 Å². The van der Waals surface area contributed by atoms with E-state index >= 15 is 0 Å². The Labute approximate surface area is 131 Å². The van der Waals surface area contributed by atoms with Crippen molar-refractivity contribution in [1.29, 1.82) is 0 Å². The molecule has 0 spiro atoms. The number of alkyl halides is 1. The van der Waals surface area contributed by atoms with Crippen molar-refractivity contribution in [3.05, 3.63) is 29.8 Å². The summed E-state index contributed by atoms with van der Waals surface area (Å²) < 4.78 is 5.78. The van der Waals surface area contributed by atoms with Crippen molar-refractivity contribution in [2.45, 2.75) is 12.8 Å². The molecule has 112 valence electrons. The molecule has 0 N–H and O–H groups in total. The van der Waals surface area contributed by atoms with Crippen LogP contribution in [0.5, 0.6) is 5.75 Å². The summed E-state index contributed by atoms with van der Waals surface area (Å²) in [6.45, 7) is 6.74. The molecule has 20 heavy (non-hydrogen) atoms. The number of hydrogen-bond acceptors (Lipinski definition) is 3. The predicted octanol–water partition coefficient (Wildman–Crippen LogP) is 2.64. The number of para-hydroxylation sites is 1. The minimum Gasteiger partial charge on any atom is -0.492 e. The number of ether oxygens (including phenoxy) is 1. The summed E-state index contributed by atoms with van der Waals surface area (Å²) in [7, 11) is 2.20. The molecule has 0 atom stereocenters. The smallest absolute Gasteiger partial charge is 0.122 e. The Morgan fingerprint density at radius 1 is 1.15 bits per heavy atom. The highest BCUT2D eigenvalue weighted by Gasteiger charge is 2.13. The molecule has 1 saturated heterocycles. The molecule has 3 nitrogen and oxygen atoms in total. The highest BCUT2D eigenvalue weighted by Crippen LogP contribution is 2.20. The fourth-order valence-corrected chi connectivity index (χ4v) is 2.73. The molecule has 4 heteroatoms. The average Bonchev–Trinajstić information content (AvgIpc) is 2.48. The number of hydrogen-bond donors (Lipinski definition) is 0. The lowest BCUT2D eigenvalue weighted by atomic mass is 10.1. The van der Waals surface area contributed by atoms with Gasteiger partial charge in [-0.2, -0.15) is 0 Å². The Kier molecular flexibility index (Phi) is 6.83.